The number of carbonyl (C=O) groups excluding carboxylic acids is 1. The molecule has 0 unspecified atom stereocenters. The SMILES string of the molecule is C=C1[C@@H](C)[C@H]2[C@H](Cc3ccccc3)NC(=O)[C@@]2(O)[C@@H](C=CC[C@H](C)[C@@H](O)[C@@H](C)O)[C@@H]1O. The highest BCUT2D eigenvalue weighted by Gasteiger charge is 2.64. The number of aliphatic hydroxyl groups excluding tert-OH is 3. The molecule has 6 nitrogen and oxygen atoms in total. The zero-order valence-electron chi connectivity index (χ0n) is 18.5. The van der Waals surface area contributed by atoms with E-state index in [1.54, 1.807) is 12.2 Å². The first kappa shape index (κ1) is 23.7. The van der Waals surface area contributed by atoms with E-state index in [1.807, 2.05) is 44.2 Å². The highest BCUT2D eigenvalue weighted by atomic mass is 16.3. The van der Waals surface area contributed by atoms with Crippen LogP contribution in [0, 0.1) is 23.7 Å². The molecule has 1 saturated carbocycles. The van der Waals surface area contributed by atoms with E-state index in [0.29, 0.717) is 18.4 Å². The molecule has 0 spiro atoms. The van der Waals surface area contributed by atoms with Crippen LogP contribution < -0.4 is 5.32 Å². The van der Waals surface area contributed by atoms with Crippen molar-refractivity contribution in [3.05, 3.63) is 60.2 Å². The second-order valence-corrected chi connectivity index (χ2v) is 9.33. The van der Waals surface area contributed by atoms with Crippen LogP contribution in [-0.2, 0) is 11.2 Å². The van der Waals surface area contributed by atoms with Crippen molar-refractivity contribution in [2.75, 3.05) is 0 Å². The quantitative estimate of drug-likeness (QED) is 0.423. The maximum Gasteiger partial charge on any atom is 0.253 e. The summed E-state index contributed by atoms with van der Waals surface area (Å²) < 4.78 is 0. The molecule has 0 bridgehead atoms. The van der Waals surface area contributed by atoms with E-state index < -0.39 is 41.7 Å². The third kappa shape index (κ3) is 4.35. The van der Waals surface area contributed by atoms with Gasteiger partial charge >= 0.3 is 0 Å². The Hall–Kier alpha value is -1.99. The van der Waals surface area contributed by atoms with Crippen LogP contribution in [0.4, 0.5) is 0 Å². The van der Waals surface area contributed by atoms with E-state index in [4.69, 9.17) is 0 Å². The van der Waals surface area contributed by atoms with Gasteiger partial charge in [-0.15, -0.1) is 0 Å². The van der Waals surface area contributed by atoms with Crippen LogP contribution in [-0.4, -0.2) is 56.3 Å². The molecule has 1 heterocycles. The molecule has 1 saturated heterocycles. The van der Waals surface area contributed by atoms with Gasteiger partial charge in [0, 0.05) is 17.9 Å². The van der Waals surface area contributed by atoms with Crippen LogP contribution >= 0.6 is 0 Å². The van der Waals surface area contributed by atoms with Gasteiger partial charge in [0.2, 0.25) is 0 Å². The summed E-state index contributed by atoms with van der Waals surface area (Å²) in [7, 11) is 0. The molecule has 9 atom stereocenters. The Bertz CT molecular complexity index is 822. The van der Waals surface area contributed by atoms with Crippen LogP contribution in [0.2, 0.25) is 0 Å². The van der Waals surface area contributed by atoms with Crippen LogP contribution in [0.5, 0.6) is 0 Å². The summed E-state index contributed by atoms with van der Waals surface area (Å²) in [5.74, 6) is -2.19. The molecule has 170 valence electrons. The zero-order chi connectivity index (χ0) is 22.9. The first-order valence-corrected chi connectivity index (χ1v) is 11.1. The lowest BCUT2D eigenvalue weighted by atomic mass is 9.60. The van der Waals surface area contributed by atoms with Crippen molar-refractivity contribution in [3.63, 3.8) is 0 Å². The minimum atomic E-state index is -1.75. The minimum absolute atomic E-state index is 0.215. The Labute approximate surface area is 184 Å². The normalized spacial score (nSPS) is 36.2. The van der Waals surface area contributed by atoms with Gasteiger partial charge in [-0.1, -0.05) is 62.9 Å². The Morgan fingerprint density at radius 3 is 2.48 bits per heavy atom. The number of allylic oxidation sites excluding steroid dienone is 1. The number of rotatable bonds is 7. The van der Waals surface area contributed by atoms with Crippen molar-refractivity contribution in [1.82, 2.24) is 5.32 Å². The van der Waals surface area contributed by atoms with Crippen LogP contribution in [0.1, 0.15) is 32.8 Å². The lowest BCUT2D eigenvalue weighted by Gasteiger charge is -2.47. The number of carbonyl (C=O) groups is 1. The number of benzene rings is 1. The molecule has 3 rings (SSSR count). The molecule has 1 amide bonds. The molecule has 0 aromatic heterocycles. The topological polar surface area (TPSA) is 110 Å². The van der Waals surface area contributed by atoms with E-state index >= 15 is 0 Å². The third-order valence-electron chi connectivity index (χ3n) is 7.20. The fraction of sp³-hybridized carbons (Fsp3) is 0.560. The summed E-state index contributed by atoms with van der Waals surface area (Å²) in [6.45, 7) is 9.32. The van der Waals surface area contributed by atoms with Gasteiger partial charge in [0.05, 0.1) is 18.3 Å². The average Bonchev–Trinajstić information content (AvgIpc) is 2.99. The minimum Gasteiger partial charge on any atom is -0.391 e. The summed E-state index contributed by atoms with van der Waals surface area (Å²) in [5, 5.41) is 45.1. The third-order valence-corrected chi connectivity index (χ3v) is 7.20. The second-order valence-electron chi connectivity index (χ2n) is 9.33. The first-order chi connectivity index (χ1) is 14.6. The smallest absolute Gasteiger partial charge is 0.253 e. The molecule has 5 N–H and O–H groups in total. The van der Waals surface area contributed by atoms with Crippen LogP contribution in [0.25, 0.3) is 0 Å². The molecule has 0 radical (unpaired) electrons. The number of hydrogen-bond donors (Lipinski definition) is 5. The molecule has 1 aromatic rings. The van der Waals surface area contributed by atoms with Gasteiger partial charge in [-0.25, -0.2) is 0 Å². The number of hydrogen-bond acceptors (Lipinski definition) is 5. The Balaban J connectivity index is 1.86. The predicted molar refractivity (Wildman–Crippen MR) is 119 cm³/mol. The lowest BCUT2D eigenvalue weighted by Crippen LogP contribution is -2.59. The Morgan fingerprint density at radius 2 is 1.87 bits per heavy atom. The van der Waals surface area contributed by atoms with E-state index in [1.165, 1.54) is 6.92 Å². The van der Waals surface area contributed by atoms with Crippen LogP contribution in [0.3, 0.4) is 0 Å². The summed E-state index contributed by atoms with van der Waals surface area (Å²) in [5.41, 5.74) is -0.0767. The fourth-order valence-corrected chi connectivity index (χ4v) is 5.26. The lowest BCUT2D eigenvalue weighted by molar-refractivity contribution is -0.154. The maximum atomic E-state index is 13.0. The van der Waals surface area contributed by atoms with Crippen molar-refractivity contribution in [1.29, 1.82) is 0 Å². The zero-order valence-corrected chi connectivity index (χ0v) is 18.5. The Kier molecular flexibility index (Phi) is 7.06. The standard InChI is InChI=1S/C25H35NO5/c1-14(22(28)17(4)27)9-8-12-19-23(29)16(3)15(2)21-20(26-24(30)25(19,21)31)13-18-10-6-5-7-11-18/h5-8,10-12,14-15,17,19-23,27-29,31H,3,9,13H2,1-2,4H3,(H,26,30)/t14-,15+,17+,19-,20-,21-,22+,23+,25+/m0/s1. The van der Waals surface area contributed by atoms with Gasteiger partial charge in [0.15, 0.2) is 5.60 Å². The summed E-state index contributed by atoms with van der Waals surface area (Å²) in [6, 6.07) is 9.54. The maximum absolute atomic E-state index is 13.0. The molecular weight excluding hydrogens is 394 g/mol. The number of nitrogens with one attached hydrogen (secondary N) is 1. The van der Waals surface area contributed by atoms with E-state index in [2.05, 4.69) is 11.9 Å². The average molecular weight is 430 g/mol. The second kappa shape index (κ2) is 9.25. The van der Waals surface area contributed by atoms with Gasteiger partial charge in [0.1, 0.15) is 0 Å². The van der Waals surface area contributed by atoms with Crippen molar-refractivity contribution in [2.45, 2.75) is 63.6 Å². The highest BCUT2D eigenvalue weighted by Crippen LogP contribution is 2.50. The van der Waals surface area contributed by atoms with Crippen molar-refractivity contribution in [2.24, 2.45) is 23.7 Å². The van der Waals surface area contributed by atoms with Crippen molar-refractivity contribution in [3.8, 4) is 0 Å². The van der Waals surface area contributed by atoms with Gasteiger partial charge in [-0.2, -0.15) is 0 Å². The molecule has 31 heavy (non-hydrogen) atoms. The predicted octanol–water partition coefficient (Wildman–Crippen LogP) is 1.58. The molecule has 6 heteroatoms. The number of amides is 1. The van der Waals surface area contributed by atoms with E-state index in [9.17, 15) is 25.2 Å². The van der Waals surface area contributed by atoms with E-state index in [-0.39, 0.29) is 17.9 Å². The van der Waals surface area contributed by atoms with Gasteiger partial charge in [-0.05, 0) is 42.7 Å². The molecule has 1 aliphatic heterocycles. The fourth-order valence-electron chi connectivity index (χ4n) is 5.26. The molecule has 2 aliphatic rings. The Morgan fingerprint density at radius 1 is 1.23 bits per heavy atom. The summed E-state index contributed by atoms with van der Waals surface area (Å²) in [6.07, 6.45) is 1.68. The van der Waals surface area contributed by atoms with Gasteiger partial charge < -0.3 is 25.7 Å². The molecule has 2 fully saturated rings. The van der Waals surface area contributed by atoms with E-state index in [0.717, 1.165) is 5.56 Å². The number of fused-ring (bicyclic) bond motifs is 1. The monoisotopic (exact) mass is 429 g/mol. The first-order valence-electron chi connectivity index (χ1n) is 11.1. The van der Waals surface area contributed by atoms with Crippen LogP contribution in [0.15, 0.2) is 54.6 Å². The highest BCUT2D eigenvalue weighted by molar-refractivity contribution is 5.89. The van der Waals surface area contributed by atoms with Crippen molar-refractivity contribution >= 4 is 5.91 Å². The molecule has 1 aromatic carbocycles. The largest absolute Gasteiger partial charge is 0.391 e. The molecular formula is C25H35NO5. The summed E-state index contributed by atoms with van der Waals surface area (Å²) >= 11 is 0. The summed E-state index contributed by atoms with van der Waals surface area (Å²) in [4.78, 5) is 13.0. The number of aliphatic hydroxyl groups is 4. The molecule has 1 aliphatic carbocycles. The van der Waals surface area contributed by atoms with Gasteiger partial charge in [-0.3, -0.25) is 4.79 Å². The van der Waals surface area contributed by atoms with Crippen molar-refractivity contribution < 1.29 is 25.2 Å². The van der Waals surface area contributed by atoms with Gasteiger partial charge in [0.25, 0.3) is 5.91 Å².